The minimum absolute atomic E-state index is 0.275. The summed E-state index contributed by atoms with van der Waals surface area (Å²) in [5, 5.41) is 0. The number of aliphatic imine (C=N–C) groups is 1. The van der Waals surface area contributed by atoms with Crippen LogP contribution in [0, 0.1) is 0 Å². The highest BCUT2D eigenvalue weighted by molar-refractivity contribution is 5.76. The molecule has 0 amide bonds. The van der Waals surface area contributed by atoms with Gasteiger partial charge in [0.15, 0.2) is 0 Å². The first-order valence-electron chi connectivity index (χ1n) is 6.68. The molecule has 1 heterocycles. The van der Waals surface area contributed by atoms with Crippen LogP contribution in [0.5, 0.6) is 0 Å². The average Bonchev–Trinajstić information content (AvgIpc) is 2.53. The predicted molar refractivity (Wildman–Crippen MR) is 68.8 cm³/mol. The van der Waals surface area contributed by atoms with E-state index in [1.807, 2.05) is 0 Å². The molecule has 0 spiro atoms. The van der Waals surface area contributed by atoms with Gasteiger partial charge in [-0.05, 0) is 26.7 Å². The van der Waals surface area contributed by atoms with Crippen molar-refractivity contribution >= 4 is 6.02 Å². The third-order valence-corrected chi connectivity index (χ3v) is 3.22. The van der Waals surface area contributed by atoms with Gasteiger partial charge in [-0.1, -0.05) is 26.7 Å². The molecule has 0 N–H and O–H groups in total. The summed E-state index contributed by atoms with van der Waals surface area (Å²) in [6, 6.07) is 1.34. The Morgan fingerprint density at radius 1 is 1.19 bits per heavy atom. The van der Waals surface area contributed by atoms with Crippen molar-refractivity contribution in [2.75, 3.05) is 13.1 Å². The zero-order valence-electron chi connectivity index (χ0n) is 11.2. The average molecular weight is 226 g/mol. The fourth-order valence-electron chi connectivity index (χ4n) is 1.85. The molecule has 0 aromatic heterocycles. The number of hydrogen-bond acceptors (Lipinski definition) is 2. The Bertz CT molecular complexity index is 228. The third-order valence-electron chi connectivity index (χ3n) is 3.22. The van der Waals surface area contributed by atoms with Crippen LogP contribution in [0.15, 0.2) is 4.99 Å². The van der Waals surface area contributed by atoms with Crippen LogP contribution in [0.2, 0.25) is 0 Å². The molecular formula is C13H26N2O. The van der Waals surface area contributed by atoms with Gasteiger partial charge in [-0.15, -0.1) is 0 Å². The summed E-state index contributed by atoms with van der Waals surface area (Å²) < 4.78 is 5.81. The molecule has 94 valence electrons. The van der Waals surface area contributed by atoms with E-state index in [0.717, 1.165) is 25.5 Å². The highest BCUT2D eigenvalue weighted by Gasteiger charge is 2.33. The Morgan fingerprint density at radius 2 is 1.88 bits per heavy atom. The molecular weight excluding hydrogens is 200 g/mol. The van der Waals surface area contributed by atoms with Gasteiger partial charge in [-0.2, -0.15) is 0 Å². The molecule has 0 aromatic carbocycles. The Hall–Kier alpha value is -0.730. The highest BCUT2D eigenvalue weighted by Crippen LogP contribution is 2.19. The maximum Gasteiger partial charge on any atom is 0.288 e. The number of nitrogens with zero attached hydrogens (tertiary/aromatic N) is 2. The van der Waals surface area contributed by atoms with Crippen LogP contribution in [-0.4, -0.2) is 36.2 Å². The molecule has 1 aliphatic heterocycles. The van der Waals surface area contributed by atoms with Gasteiger partial charge in [-0.25, -0.2) is 4.99 Å². The van der Waals surface area contributed by atoms with E-state index in [2.05, 4.69) is 37.6 Å². The van der Waals surface area contributed by atoms with Crippen molar-refractivity contribution in [2.45, 2.75) is 65.5 Å². The second-order valence-electron chi connectivity index (χ2n) is 4.63. The Labute approximate surface area is 99.9 Å². The van der Waals surface area contributed by atoms with E-state index in [1.54, 1.807) is 0 Å². The third kappa shape index (κ3) is 3.39. The second-order valence-corrected chi connectivity index (χ2v) is 4.63. The molecule has 0 aliphatic carbocycles. The molecule has 2 atom stereocenters. The molecule has 16 heavy (non-hydrogen) atoms. The summed E-state index contributed by atoms with van der Waals surface area (Å²) >= 11 is 0. The van der Waals surface area contributed by atoms with Gasteiger partial charge in [-0.3, -0.25) is 0 Å². The van der Waals surface area contributed by atoms with Crippen molar-refractivity contribution in [1.29, 1.82) is 0 Å². The lowest BCUT2D eigenvalue weighted by Crippen LogP contribution is -2.34. The number of hydrogen-bond donors (Lipinski definition) is 0. The van der Waals surface area contributed by atoms with Crippen LogP contribution in [0.4, 0.5) is 0 Å². The lowest BCUT2D eigenvalue weighted by Gasteiger charge is -2.21. The Morgan fingerprint density at radius 3 is 2.50 bits per heavy atom. The maximum absolute atomic E-state index is 5.81. The lowest BCUT2D eigenvalue weighted by atomic mass is 10.2. The van der Waals surface area contributed by atoms with Crippen molar-refractivity contribution < 1.29 is 4.74 Å². The van der Waals surface area contributed by atoms with E-state index >= 15 is 0 Å². The molecule has 1 fully saturated rings. The molecule has 0 aromatic rings. The predicted octanol–water partition coefficient (Wildman–Crippen LogP) is 3.05. The normalized spacial score (nSPS) is 27.5. The molecule has 3 nitrogen and oxygen atoms in total. The summed E-state index contributed by atoms with van der Waals surface area (Å²) in [6.45, 7) is 10.7. The molecule has 1 aliphatic rings. The molecule has 1 rings (SSSR count). The number of rotatable bonds is 6. The second kappa shape index (κ2) is 6.77. The zero-order chi connectivity index (χ0) is 12.0. The summed E-state index contributed by atoms with van der Waals surface area (Å²) in [5.41, 5.74) is 0. The SMILES string of the molecule is CCCCN=C1O[C@@H](C)[C@@H](C)N1CCCC. The summed E-state index contributed by atoms with van der Waals surface area (Å²) in [7, 11) is 0. The van der Waals surface area contributed by atoms with Gasteiger partial charge in [0.1, 0.15) is 6.10 Å². The lowest BCUT2D eigenvalue weighted by molar-refractivity contribution is 0.215. The standard InChI is InChI=1S/C13H26N2O/c1-5-7-9-14-13-15(10-8-6-2)11(3)12(4)16-13/h11-12H,5-10H2,1-4H3/t11-,12+/m1/s1. The minimum Gasteiger partial charge on any atom is -0.460 e. The fourth-order valence-corrected chi connectivity index (χ4v) is 1.85. The summed E-state index contributed by atoms with van der Waals surface area (Å²) in [4.78, 5) is 6.89. The molecule has 0 radical (unpaired) electrons. The number of ether oxygens (including phenoxy) is 1. The van der Waals surface area contributed by atoms with E-state index in [4.69, 9.17) is 4.74 Å². The fraction of sp³-hybridized carbons (Fsp3) is 0.923. The summed E-state index contributed by atoms with van der Waals surface area (Å²) in [5.74, 6) is 0. The van der Waals surface area contributed by atoms with Crippen LogP contribution in [0.25, 0.3) is 0 Å². The van der Waals surface area contributed by atoms with Gasteiger partial charge >= 0.3 is 0 Å². The highest BCUT2D eigenvalue weighted by atomic mass is 16.5. The molecule has 0 bridgehead atoms. The maximum atomic E-state index is 5.81. The molecule has 0 saturated carbocycles. The summed E-state index contributed by atoms with van der Waals surface area (Å²) in [6.07, 6.45) is 5.05. The number of unbranched alkanes of at least 4 members (excludes halogenated alkanes) is 2. The zero-order valence-corrected chi connectivity index (χ0v) is 11.2. The topological polar surface area (TPSA) is 24.8 Å². The van der Waals surface area contributed by atoms with E-state index in [-0.39, 0.29) is 6.10 Å². The van der Waals surface area contributed by atoms with Crippen LogP contribution >= 0.6 is 0 Å². The quantitative estimate of drug-likeness (QED) is 0.650. The van der Waals surface area contributed by atoms with Crippen LogP contribution < -0.4 is 0 Å². The van der Waals surface area contributed by atoms with Gasteiger partial charge in [0, 0.05) is 13.1 Å². The van der Waals surface area contributed by atoms with Crippen molar-refractivity contribution in [1.82, 2.24) is 4.90 Å². The van der Waals surface area contributed by atoms with Crippen molar-refractivity contribution in [3.8, 4) is 0 Å². The first-order valence-corrected chi connectivity index (χ1v) is 6.68. The number of amidine groups is 1. The van der Waals surface area contributed by atoms with Crippen LogP contribution in [0.1, 0.15) is 53.4 Å². The monoisotopic (exact) mass is 226 g/mol. The first-order chi connectivity index (χ1) is 7.70. The first kappa shape index (κ1) is 13.3. The molecule has 0 unspecified atom stereocenters. The molecule has 3 heteroatoms. The van der Waals surface area contributed by atoms with Gasteiger partial charge in [0.2, 0.25) is 0 Å². The van der Waals surface area contributed by atoms with E-state index < -0.39 is 0 Å². The largest absolute Gasteiger partial charge is 0.460 e. The van der Waals surface area contributed by atoms with Crippen molar-refractivity contribution in [3.63, 3.8) is 0 Å². The van der Waals surface area contributed by atoms with Gasteiger partial charge in [0.25, 0.3) is 6.02 Å². The Kier molecular flexibility index (Phi) is 5.64. The Balaban J connectivity index is 2.55. The smallest absolute Gasteiger partial charge is 0.288 e. The van der Waals surface area contributed by atoms with E-state index in [1.165, 1.54) is 19.3 Å². The van der Waals surface area contributed by atoms with Crippen molar-refractivity contribution in [2.24, 2.45) is 4.99 Å². The van der Waals surface area contributed by atoms with Crippen molar-refractivity contribution in [3.05, 3.63) is 0 Å². The van der Waals surface area contributed by atoms with Gasteiger partial charge in [0.05, 0.1) is 6.04 Å². The molecule has 1 saturated heterocycles. The van der Waals surface area contributed by atoms with Gasteiger partial charge < -0.3 is 9.64 Å². The minimum atomic E-state index is 0.275. The van der Waals surface area contributed by atoms with Crippen LogP contribution in [-0.2, 0) is 4.74 Å². The van der Waals surface area contributed by atoms with Crippen LogP contribution in [0.3, 0.4) is 0 Å². The van der Waals surface area contributed by atoms with E-state index in [9.17, 15) is 0 Å². The van der Waals surface area contributed by atoms with E-state index in [0.29, 0.717) is 6.04 Å².